The zero-order valence-corrected chi connectivity index (χ0v) is 7.08. The first kappa shape index (κ1) is 9.86. The molecule has 3 heteroatoms. The molecule has 0 aliphatic carbocycles. The van der Waals surface area contributed by atoms with E-state index in [2.05, 4.69) is 0 Å². The fourth-order valence-corrected chi connectivity index (χ4v) is 0.979. The fraction of sp³-hybridized carbons (Fsp3) is 0.143. The molecule has 0 nitrogen and oxygen atoms in total. The van der Waals surface area contributed by atoms with Gasteiger partial charge in [0.1, 0.15) is 0 Å². The predicted octanol–water partition coefficient (Wildman–Crippen LogP) is 2.92. The third kappa shape index (κ3) is 1.93. The van der Waals surface area contributed by atoms with Gasteiger partial charge in [-0.3, -0.25) is 0 Å². The van der Waals surface area contributed by atoms with Gasteiger partial charge in [0.25, 0.3) is 0 Å². The van der Waals surface area contributed by atoms with Gasteiger partial charge in [-0.25, -0.2) is 0 Å². The lowest BCUT2D eigenvalue weighted by Gasteiger charge is -1.96. The minimum absolute atomic E-state index is 0. The van der Waals surface area contributed by atoms with Gasteiger partial charge < -0.3 is 0 Å². The Balaban J connectivity index is 0.000000810. The summed E-state index contributed by atoms with van der Waals surface area (Å²) >= 11 is 11.5. The fourth-order valence-electron chi connectivity index (χ4n) is 0.581. The van der Waals surface area contributed by atoms with Crippen molar-refractivity contribution in [3.63, 3.8) is 0 Å². The first-order chi connectivity index (χ1) is 4.22. The van der Waals surface area contributed by atoms with Crippen molar-refractivity contribution < 1.29 is 0 Å². The standard InChI is InChI=1S/C7H6Cl2.B/c1-5-6(8)3-2-4-7(5)9;/h2-4H,1H3;. The molecule has 0 spiro atoms. The zero-order valence-electron chi connectivity index (χ0n) is 5.57. The molecule has 1 rings (SSSR count). The van der Waals surface area contributed by atoms with E-state index in [9.17, 15) is 0 Å². The summed E-state index contributed by atoms with van der Waals surface area (Å²) < 4.78 is 0. The van der Waals surface area contributed by atoms with Crippen LogP contribution in [0.5, 0.6) is 0 Å². The second-order valence-corrected chi connectivity index (χ2v) is 2.66. The molecule has 1 aromatic carbocycles. The Labute approximate surface area is 72.7 Å². The van der Waals surface area contributed by atoms with Gasteiger partial charge in [-0.1, -0.05) is 29.3 Å². The molecule has 10 heavy (non-hydrogen) atoms. The maximum Gasteiger partial charge on any atom is 0.0450 e. The van der Waals surface area contributed by atoms with Crippen LogP contribution >= 0.6 is 23.2 Å². The van der Waals surface area contributed by atoms with Crippen molar-refractivity contribution in [1.29, 1.82) is 0 Å². The summed E-state index contributed by atoms with van der Waals surface area (Å²) in [6.45, 7) is 1.89. The minimum atomic E-state index is 0. The molecule has 0 N–H and O–H groups in total. The first-order valence-corrected chi connectivity index (χ1v) is 3.38. The molecule has 0 saturated heterocycles. The SMILES string of the molecule is Cc1c(Cl)cccc1Cl.[B]. The molecule has 0 aromatic heterocycles. The Kier molecular flexibility index (Phi) is 3.84. The highest BCUT2D eigenvalue weighted by Crippen LogP contribution is 2.21. The Morgan fingerprint density at radius 3 is 1.80 bits per heavy atom. The van der Waals surface area contributed by atoms with Crippen molar-refractivity contribution in [2.45, 2.75) is 6.92 Å². The summed E-state index contributed by atoms with van der Waals surface area (Å²) in [5.74, 6) is 0. The summed E-state index contributed by atoms with van der Waals surface area (Å²) in [5.41, 5.74) is 0.945. The summed E-state index contributed by atoms with van der Waals surface area (Å²) in [6, 6.07) is 5.48. The molecule has 0 heterocycles. The van der Waals surface area contributed by atoms with Crippen molar-refractivity contribution in [3.05, 3.63) is 33.8 Å². The molecule has 51 valence electrons. The van der Waals surface area contributed by atoms with Gasteiger partial charge in [0.15, 0.2) is 0 Å². The quantitative estimate of drug-likeness (QED) is 0.527. The molecular formula is C7H6BCl2. The van der Waals surface area contributed by atoms with Gasteiger partial charge in [-0.05, 0) is 24.6 Å². The first-order valence-electron chi connectivity index (χ1n) is 2.62. The van der Waals surface area contributed by atoms with Crippen LogP contribution in [0.25, 0.3) is 0 Å². The van der Waals surface area contributed by atoms with E-state index in [1.165, 1.54) is 0 Å². The van der Waals surface area contributed by atoms with Crippen LogP contribution in [0.2, 0.25) is 10.0 Å². The van der Waals surface area contributed by atoms with Crippen LogP contribution in [-0.4, -0.2) is 8.41 Å². The van der Waals surface area contributed by atoms with Crippen LogP contribution in [0.1, 0.15) is 5.56 Å². The third-order valence-electron chi connectivity index (χ3n) is 1.20. The summed E-state index contributed by atoms with van der Waals surface area (Å²) in [5, 5.41) is 1.45. The van der Waals surface area contributed by atoms with Crippen LogP contribution in [0.15, 0.2) is 18.2 Å². The minimum Gasteiger partial charge on any atom is -0.0840 e. The van der Waals surface area contributed by atoms with Crippen LogP contribution in [-0.2, 0) is 0 Å². The van der Waals surface area contributed by atoms with Gasteiger partial charge in [0.05, 0.1) is 0 Å². The van der Waals surface area contributed by atoms with Crippen LogP contribution in [0.3, 0.4) is 0 Å². The Hall–Kier alpha value is -0.135. The second kappa shape index (κ2) is 3.90. The molecule has 3 radical (unpaired) electrons. The number of hydrogen-bond acceptors (Lipinski definition) is 0. The summed E-state index contributed by atoms with van der Waals surface area (Å²) in [7, 11) is 0. The molecule has 0 aliphatic rings. The van der Waals surface area contributed by atoms with Crippen LogP contribution < -0.4 is 0 Å². The van der Waals surface area contributed by atoms with Gasteiger partial charge in [0, 0.05) is 18.5 Å². The highest BCUT2D eigenvalue weighted by Gasteiger charge is 1.96. The van der Waals surface area contributed by atoms with E-state index >= 15 is 0 Å². The molecule has 0 aliphatic heterocycles. The molecule has 0 amide bonds. The van der Waals surface area contributed by atoms with Crippen molar-refractivity contribution in [3.8, 4) is 0 Å². The highest BCUT2D eigenvalue weighted by atomic mass is 35.5. The molecule has 0 saturated carbocycles. The van der Waals surface area contributed by atoms with Crippen molar-refractivity contribution in [1.82, 2.24) is 0 Å². The van der Waals surface area contributed by atoms with E-state index < -0.39 is 0 Å². The van der Waals surface area contributed by atoms with Gasteiger partial charge in [0.2, 0.25) is 0 Å². The Bertz CT molecular complexity index is 203. The predicted molar refractivity (Wildman–Crippen MR) is 47.0 cm³/mol. The monoisotopic (exact) mass is 171 g/mol. The van der Waals surface area contributed by atoms with Crippen molar-refractivity contribution in [2.24, 2.45) is 0 Å². The maximum atomic E-state index is 5.73. The molecular weight excluding hydrogens is 166 g/mol. The zero-order chi connectivity index (χ0) is 6.85. The number of hydrogen-bond donors (Lipinski definition) is 0. The average molecular weight is 172 g/mol. The number of rotatable bonds is 0. The lowest BCUT2D eigenvalue weighted by molar-refractivity contribution is 1.47. The smallest absolute Gasteiger partial charge is 0.0450 e. The molecule has 0 unspecified atom stereocenters. The highest BCUT2D eigenvalue weighted by molar-refractivity contribution is 6.35. The van der Waals surface area contributed by atoms with Crippen LogP contribution in [0.4, 0.5) is 0 Å². The lowest BCUT2D eigenvalue weighted by Crippen LogP contribution is -1.73. The normalized spacial score (nSPS) is 8.70. The summed E-state index contributed by atoms with van der Waals surface area (Å²) in [6.07, 6.45) is 0. The van der Waals surface area contributed by atoms with Gasteiger partial charge >= 0.3 is 0 Å². The van der Waals surface area contributed by atoms with E-state index in [1.807, 2.05) is 25.1 Å². The van der Waals surface area contributed by atoms with E-state index in [1.54, 1.807) is 0 Å². The second-order valence-electron chi connectivity index (χ2n) is 1.85. The van der Waals surface area contributed by atoms with Crippen LogP contribution in [0, 0.1) is 6.92 Å². The van der Waals surface area contributed by atoms with Crippen molar-refractivity contribution >= 4 is 31.6 Å². The van der Waals surface area contributed by atoms with E-state index in [4.69, 9.17) is 23.2 Å². The molecule has 0 fully saturated rings. The van der Waals surface area contributed by atoms with E-state index in [0.717, 1.165) is 15.6 Å². The number of halogens is 2. The Morgan fingerprint density at radius 1 is 1.10 bits per heavy atom. The lowest BCUT2D eigenvalue weighted by atomic mass is 10.2. The van der Waals surface area contributed by atoms with E-state index in [0.29, 0.717) is 0 Å². The molecule has 0 atom stereocenters. The topological polar surface area (TPSA) is 0 Å². The molecule has 0 bridgehead atoms. The average Bonchev–Trinajstić information content (AvgIpc) is 1.83. The maximum absolute atomic E-state index is 5.73. The molecule has 1 aromatic rings. The summed E-state index contributed by atoms with van der Waals surface area (Å²) in [4.78, 5) is 0. The van der Waals surface area contributed by atoms with Gasteiger partial charge in [-0.2, -0.15) is 0 Å². The third-order valence-corrected chi connectivity index (χ3v) is 2.02. The number of benzene rings is 1. The van der Waals surface area contributed by atoms with Crippen molar-refractivity contribution in [2.75, 3.05) is 0 Å². The Morgan fingerprint density at radius 2 is 1.50 bits per heavy atom. The van der Waals surface area contributed by atoms with Gasteiger partial charge in [-0.15, -0.1) is 0 Å². The largest absolute Gasteiger partial charge is 0.0840 e. The van der Waals surface area contributed by atoms with E-state index in [-0.39, 0.29) is 8.41 Å².